The van der Waals surface area contributed by atoms with Crippen molar-refractivity contribution < 1.29 is 9.53 Å². The van der Waals surface area contributed by atoms with Gasteiger partial charge in [-0.3, -0.25) is 4.79 Å². The van der Waals surface area contributed by atoms with Crippen molar-refractivity contribution >= 4 is 28.8 Å². The van der Waals surface area contributed by atoms with Gasteiger partial charge in [-0.2, -0.15) is 0 Å². The van der Waals surface area contributed by atoms with Crippen molar-refractivity contribution in [2.24, 2.45) is 0 Å². The van der Waals surface area contributed by atoms with E-state index in [2.05, 4.69) is 4.98 Å². The maximum absolute atomic E-state index is 11.6. The SMILES string of the molecule is O=C1CCOCCN1Cc1cnc(Cl)s1. The van der Waals surface area contributed by atoms with Crippen molar-refractivity contribution in [1.82, 2.24) is 9.88 Å². The second kappa shape index (κ2) is 4.92. The quantitative estimate of drug-likeness (QED) is 0.795. The highest BCUT2D eigenvalue weighted by Gasteiger charge is 2.17. The minimum atomic E-state index is 0.136. The van der Waals surface area contributed by atoms with Crippen LogP contribution in [0.2, 0.25) is 4.47 Å². The summed E-state index contributed by atoms with van der Waals surface area (Å²) >= 11 is 7.14. The van der Waals surface area contributed by atoms with Crippen LogP contribution in [0.3, 0.4) is 0 Å². The highest BCUT2D eigenvalue weighted by Crippen LogP contribution is 2.19. The van der Waals surface area contributed by atoms with Crippen LogP contribution < -0.4 is 0 Å². The van der Waals surface area contributed by atoms with Gasteiger partial charge in [0.1, 0.15) is 0 Å². The van der Waals surface area contributed by atoms with E-state index in [4.69, 9.17) is 16.3 Å². The molecule has 1 aromatic heterocycles. The molecule has 2 rings (SSSR count). The number of nitrogens with zero attached hydrogens (tertiary/aromatic N) is 2. The number of halogens is 1. The van der Waals surface area contributed by atoms with Crippen molar-refractivity contribution in [2.45, 2.75) is 13.0 Å². The lowest BCUT2D eigenvalue weighted by molar-refractivity contribution is -0.130. The summed E-state index contributed by atoms with van der Waals surface area (Å²) in [4.78, 5) is 18.4. The lowest BCUT2D eigenvalue weighted by Gasteiger charge is -2.18. The molecule has 0 atom stereocenters. The molecule has 0 bridgehead atoms. The standard InChI is InChI=1S/C9H11ClN2O2S/c10-9-11-5-7(15-9)6-12-2-4-14-3-1-8(12)13/h5H,1-4,6H2. The molecule has 1 aliphatic heterocycles. The Morgan fingerprint density at radius 3 is 3.20 bits per heavy atom. The average molecular weight is 247 g/mol. The second-order valence-electron chi connectivity index (χ2n) is 3.26. The number of carbonyl (C=O) groups excluding carboxylic acids is 1. The first-order valence-corrected chi connectivity index (χ1v) is 5.91. The van der Waals surface area contributed by atoms with Gasteiger partial charge >= 0.3 is 0 Å². The predicted molar refractivity (Wildman–Crippen MR) is 58.0 cm³/mol. The number of hydrogen-bond acceptors (Lipinski definition) is 4. The van der Waals surface area contributed by atoms with Crippen molar-refractivity contribution in [2.75, 3.05) is 19.8 Å². The van der Waals surface area contributed by atoms with Crippen LogP contribution in [0, 0.1) is 0 Å². The van der Waals surface area contributed by atoms with Crippen LogP contribution in [0.15, 0.2) is 6.20 Å². The molecule has 0 N–H and O–H groups in total. The van der Waals surface area contributed by atoms with Gasteiger partial charge < -0.3 is 9.64 Å². The first kappa shape index (κ1) is 10.9. The molecular formula is C9H11ClN2O2S. The van der Waals surface area contributed by atoms with E-state index in [1.54, 1.807) is 11.1 Å². The van der Waals surface area contributed by atoms with Gasteiger partial charge in [0.2, 0.25) is 5.91 Å². The van der Waals surface area contributed by atoms with Crippen LogP contribution in [0.1, 0.15) is 11.3 Å². The lowest BCUT2D eigenvalue weighted by Crippen LogP contribution is -2.30. The van der Waals surface area contributed by atoms with Gasteiger partial charge in [0.25, 0.3) is 0 Å². The zero-order valence-electron chi connectivity index (χ0n) is 8.11. The fourth-order valence-corrected chi connectivity index (χ4v) is 2.42. The van der Waals surface area contributed by atoms with E-state index in [0.717, 1.165) is 4.88 Å². The third kappa shape index (κ3) is 2.90. The summed E-state index contributed by atoms with van der Waals surface area (Å²) in [7, 11) is 0. The Labute approximate surface area is 96.8 Å². The average Bonchev–Trinajstić information content (AvgIpc) is 2.50. The highest BCUT2D eigenvalue weighted by atomic mass is 35.5. The number of thiazole rings is 1. The fourth-order valence-electron chi connectivity index (χ4n) is 1.43. The summed E-state index contributed by atoms with van der Waals surface area (Å²) in [6.45, 7) is 2.37. The number of hydrogen-bond donors (Lipinski definition) is 0. The molecule has 0 aromatic carbocycles. The molecule has 1 saturated heterocycles. The van der Waals surface area contributed by atoms with Crippen molar-refractivity contribution in [1.29, 1.82) is 0 Å². The van der Waals surface area contributed by atoms with Gasteiger partial charge in [0.15, 0.2) is 4.47 Å². The van der Waals surface area contributed by atoms with Crippen molar-refractivity contribution in [3.63, 3.8) is 0 Å². The summed E-state index contributed by atoms with van der Waals surface area (Å²) in [6.07, 6.45) is 2.18. The number of carbonyl (C=O) groups is 1. The van der Waals surface area contributed by atoms with Crippen LogP contribution >= 0.6 is 22.9 Å². The summed E-state index contributed by atoms with van der Waals surface area (Å²) in [5.41, 5.74) is 0. The van der Waals surface area contributed by atoms with Gasteiger partial charge in [-0.1, -0.05) is 11.6 Å². The highest BCUT2D eigenvalue weighted by molar-refractivity contribution is 7.15. The van der Waals surface area contributed by atoms with Crippen LogP contribution in [0.5, 0.6) is 0 Å². The van der Waals surface area contributed by atoms with Gasteiger partial charge in [0, 0.05) is 17.6 Å². The number of aromatic nitrogens is 1. The van der Waals surface area contributed by atoms with Crippen molar-refractivity contribution in [3.8, 4) is 0 Å². The van der Waals surface area contributed by atoms with Crippen LogP contribution in [-0.4, -0.2) is 35.5 Å². The van der Waals surface area contributed by atoms with E-state index >= 15 is 0 Å². The van der Waals surface area contributed by atoms with Gasteiger partial charge in [-0.25, -0.2) is 4.98 Å². The monoisotopic (exact) mass is 246 g/mol. The smallest absolute Gasteiger partial charge is 0.225 e. The Morgan fingerprint density at radius 2 is 2.47 bits per heavy atom. The molecule has 0 radical (unpaired) electrons. The molecule has 1 amide bonds. The topological polar surface area (TPSA) is 42.4 Å². The number of rotatable bonds is 2. The van der Waals surface area contributed by atoms with E-state index < -0.39 is 0 Å². The molecule has 82 valence electrons. The second-order valence-corrected chi connectivity index (χ2v) is 4.95. The molecule has 0 spiro atoms. The molecule has 2 heterocycles. The Morgan fingerprint density at radius 1 is 1.60 bits per heavy atom. The van der Waals surface area contributed by atoms with E-state index in [9.17, 15) is 4.79 Å². The molecular weight excluding hydrogens is 236 g/mol. The Hall–Kier alpha value is -0.650. The first-order chi connectivity index (χ1) is 7.25. The molecule has 1 fully saturated rings. The van der Waals surface area contributed by atoms with E-state index in [1.165, 1.54) is 11.3 Å². The maximum Gasteiger partial charge on any atom is 0.225 e. The third-order valence-electron chi connectivity index (χ3n) is 2.19. The molecule has 15 heavy (non-hydrogen) atoms. The Balaban J connectivity index is 2.00. The van der Waals surface area contributed by atoms with Gasteiger partial charge in [-0.15, -0.1) is 11.3 Å². The van der Waals surface area contributed by atoms with Gasteiger partial charge in [-0.05, 0) is 0 Å². The molecule has 1 aliphatic rings. The third-order valence-corrected chi connectivity index (χ3v) is 3.29. The number of amides is 1. The van der Waals surface area contributed by atoms with Crippen LogP contribution in [-0.2, 0) is 16.1 Å². The summed E-state index contributed by atoms with van der Waals surface area (Å²) in [6, 6.07) is 0. The maximum atomic E-state index is 11.6. The minimum absolute atomic E-state index is 0.136. The van der Waals surface area contributed by atoms with E-state index in [0.29, 0.717) is 37.2 Å². The molecule has 0 saturated carbocycles. The number of ether oxygens (including phenoxy) is 1. The molecule has 0 aliphatic carbocycles. The molecule has 4 nitrogen and oxygen atoms in total. The summed E-state index contributed by atoms with van der Waals surface area (Å²) in [5, 5.41) is 0. The summed E-state index contributed by atoms with van der Waals surface area (Å²) < 4.78 is 5.75. The minimum Gasteiger partial charge on any atom is -0.379 e. The zero-order valence-corrected chi connectivity index (χ0v) is 9.68. The Kier molecular flexibility index (Phi) is 3.56. The molecule has 1 aromatic rings. The van der Waals surface area contributed by atoms with Gasteiger partial charge in [0.05, 0.1) is 26.2 Å². The largest absolute Gasteiger partial charge is 0.379 e. The first-order valence-electron chi connectivity index (χ1n) is 4.71. The van der Waals surface area contributed by atoms with E-state index in [-0.39, 0.29) is 5.91 Å². The summed E-state index contributed by atoms with van der Waals surface area (Å²) in [5.74, 6) is 0.136. The predicted octanol–water partition coefficient (Wildman–Crippen LogP) is 1.55. The van der Waals surface area contributed by atoms with Crippen LogP contribution in [0.4, 0.5) is 0 Å². The molecule has 0 unspecified atom stereocenters. The lowest BCUT2D eigenvalue weighted by atomic mass is 10.3. The van der Waals surface area contributed by atoms with Crippen molar-refractivity contribution in [3.05, 3.63) is 15.5 Å². The fraction of sp³-hybridized carbons (Fsp3) is 0.556. The Bertz CT molecular complexity index is 356. The normalized spacial score (nSPS) is 17.9. The van der Waals surface area contributed by atoms with E-state index in [1.807, 2.05) is 0 Å². The van der Waals surface area contributed by atoms with Crippen LogP contribution in [0.25, 0.3) is 0 Å². The molecule has 6 heteroatoms. The zero-order chi connectivity index (χ0) is 10.7.